The maximum Gasteiger partial charge on any atom is 0.384 e. The van der Waals surface area contributed by atoms with Crippen molar-refractivity contribution in [2.75, 3.05) is 0 Å². The van der Waals surface area contributed by atoms with Gasteiger partial charge in [-0.25, -0.2) is 10.2 Å². The van der Waals surface area contributed by atoms with Crippen molar-refractivity contribution in [3.05, 3.63) is 62.3 Å². The Bertz CT molecular complexity index is 1140. The molecule has 3 aromatic rings. The van der Waals surface area contributed by atoms with Crippen molar-refractivity contribution in [3.63, 3.8) is 0 Å². The smallest absolute Gasteiger partial charge is 0.384 e. The number of aryl methyl sites for hydroxylation is 1. The van der Waals surface area contributed by atoms with Crippen molar-refractivity contribution < 1.29 is 9.83 Å². The van der Waals surface area contributed by atoms with E-state index in [0.29, 0.717) is 11.1 Å². The van der Waals surface area contributed by atoms with Crippen LogP contribution in [0, 0.1) is 11.3 Å². The molecule has 0 fully saturated rings. The van der Waals surface area contributed by atoms with Crippen LogP contribution in [0.4, 0.5) is 0 Å². The number of benzene rings is 1. The second-order valence-electron chi connectivity index (χ2n) is 5.08. The monoisotopic (exact) mass is 309 g/mol. The number of fused-ring (bicyclic) bond motifs is 1. The molecule has 0 aliphatic carbocycles. The second-order valence-corrected chi connectivity index (χ2v) is 5.08. The highest BCUT2D eigenvalue weighted by Crippen LogP contribution is 2.26. The maximum atomic E-state index is 12.6. The van der Waals surface area contributed by atoms with Gasteiger partial charge >= 0.3 is 11.2 Å². The van der Waals surface area contributed by atoms with E-state index >= 15 is 0 Å². The van der Waals surface area contributed by atoms with Gasteiger partial charge in [0, 0.05) is 19.7 Å². The zero-order valence-corrected chi connectivity index (χ0v) is 12.5. The molecule has 0 radical (unpaired) electrons. The minimum absolute atomic E-state index is 0.0356. The zero-order chi connectivity index (χ0) is 16.7. The molecule has 1 aromatic carbocycles. The topological polar surface area (TPSA) is 107 Å². The maximum absolute atomic E-state index is 12.6. The molecule has 2 N–H and O–H groups in total. The molecule has 0 atom stereocenters. The average molecular weight is 309 g/mol. The summed E-state index contributed by atoms with van der Waals surface area (Å²) >= 11 is 0. The lowest BCUT2D eigenvalue weighted by Gasteiger charge is -2.10. The number of hydrogen-bond acceptors (Lipinski definition) is 4. The number of nitrogens with zero attached hydrogens (tertiary/aromatic N) is 3. The van der Waals surface area contributed by atoms with Gasteiger partial charge in [0.2, 0.25) is 5.71 Å². The zero-order valence-electron chi connectivity index (χ0n) is 12.5. The molecule has 7 nitrogen and oxygen atoms in total. The molecule has 0 bridgehead atoms. The first-order chi connectivity index (χ1) is 11.0. The Morgan fingerprint density at radius 2 is 1.78 bits per heavy atom. The van der Waals surface area contributed by atoms with Gasteiger partial charge in [-0.15, -0.1) is 0 Å². The van der Waals surface area contributed by atoms with E-state index in [4.69, 9.17) is 9.83 Å². The Labute approximate surface area is 129 Å². The summed E-state index contributed by atoms with van der Waals surface area (Å²) in [6.45, 7) is 0. The summed E-state index contributed by atoms with van der Waals surface area (Å²) < 4.78 is 7.57. The van der Waals surface area contributed by atoms with Crippen LogP contribution in [-0.4, -0.2) is 9.13 Å². The molecule has 0 unspecified atom stereocenters. The highest BCUT2D eigenvalue weighted by molar-refractivity contribution is 5.93. The molecule has 0 saturated carbocycles. The molecule has 114 valence electrons. The van der Waals surface area contributed by atoms with Gasteiger partial charge in [0.25, 0.3) is 5.56 Å². The molecule has 7 heteroatoms. The van der Waals surface area contributed by atoms with Crippen LogP contribution in [0.3, 0.4) is 0 Å². The van der Waals surface area contributed by atoms with Crippen molar-refractivity contribution >= 4 is 11.1 Å². The molecule has 0 amide bonds. The van der Waals surface area contributed by atoms with Gasteiger partial charge in [0.05, 0.1) is 0 Å². The molecule has 0 spiro atoms. The first-order valence-corrected chi connectivity index (χ1v) is 6.78. The number of hydrogen-bond donors (Lipinski definition) is 1. The minimum Gasteiger partial charge on any atom is -0.386 e. The predicted molar refractivity (Wildman–Crippen MR) is 81.9 cm³/mol. The van der Waals surface area contributed by atoms with E-state index in [-0.39, 0.29) is 22.2 Å². The van der Waals surface area contributed by atoms with E-state index in [2.05, 4.69) is 0 Å². The lowest BCUT2D eigenvalue weighted by molar-refractivity contribution is -0.197. The van der Waals surface area contributed by atoms with Gasteiger partial charge in [-0.3, -0.25) is 13.9 Å². The number of rotatable bonds is 1. The quantitative estimate of drug-likeness (QED) is 0.624. The van der Waals surface area contributed by atoms with Gasteiger partial charge in [-0.05, 0) is 5.56 Å². The largest absolute Gasteiger partial charge is 0.386 e. The first-order valence-electron chi connectivity index (χ1n) is 6.78. The summed E-state index contributed by atoms with van der Waals surface area (Å²) in [5.41, 5.74) is -0.0954. The van der Waals surface area contributed by atoms with Crippen LogP contribution < -0.4 is 22.2 Å². The predicted octanol–water partition coefficient (Wildman–Crippen LogP) is -0.971. The van der Waals surface area contributed by atoms with Crippen LogP contribution in [0.5, 0.6) is 0 Å². The summed E-state index contributed by atoms with van der Waals surface area (Å²) in [5.74, 6) is 0. The third-order valence-electron chi connectivity index (χ3n) is 3.74. The Balaban J connectivity index is 2.72. The summed E-state index contributed by atoms with van der Waals surface area (Å²) in [6, 6.07) is 10.9. The summed E-state index contributed by atoms with van der Waals surface area (Å²) in [6.07, 6.45) is 0. The molecule has 23 heavy (non-hydrogen) atoms. The summed E-state index contributed by atoms with van der Waals surface area (Å²) in [5, 5.41) is 15.4. The van der Waals surface area contributed by atoms with Gasteiger partial charge in [0.15, 0.2) is 5.56 Å². The second kappa shape index (κ2) is 5.10. The highest BCUT2D eigenvalue weighted by atomic mass is 16.3. The molecule has 0 aliphatic heterocycles. The molecule has 2 heterocycles. The van der Waals surface area contributed by atoms with Gasteiger partial charge in [0.1, 0.15) is 11.5 Å². The molecular formula is C16H13N4O3+. The van der Waals surface area contributed by atoms with Crippen molar-refractivity contribution in [3.8, 4) is 17.2 Å². The Kier molecular flexibility index (Phi) is 3.22. The van der Waals surface area contributed by atoms with Crippen LogP contribution in [0.25, 0.3) is 22.2 Å². The Morgan fingerprint density at radius 3 is 2.39 bits per heavy atom. The van der Waals surface area contributed by atoms with Crippen LogP contribution >= 0.6 is 0 Å². The van der Waals surface area contributed by atoms with Crippen molar-refractivity contribution in [2.45, 2.75) is 0 Å². The lowest BCUT2D eigenvalue weighted by Crippen LogP contribution is -2.47. The van der Waals surface area contributed by atoms with E-state index in [1.54, 1.807) is 24.3 Å². The van der Waals surface area contributed by atoms with E-state index in [9.17, 15) is 14.9 Å². The number of nitriles is 1. The van der Waals surface area contributed by atoms with E-state index in [0.717, 1.165) is 4.57 Å². The third kappa shape index (κ3) is 2.00. The molecule has 0 aliphatic rings. The molecular weight excluding hydrogens is 296 g/mol. The van der Waals surface area contributed by atoms with Crippen LogP contribution in [-0.2, 0) is 14.1 Å². The summed E-state index contributed by atoms with van der Waals surface area (Å²) in [4.78, 5) is 24.7. The van der Waals surface area contributed by atoms with Gasteiger partial charge in [-0.2, -0.15) is 5.26 Å². The number of aromatic nitrogens is 2. The third-order valence-corrected chi connectivity index (χ3v) is 3.74. The summed E-state index contributed by atoms with van der Waals surface area (Å²) in [7, 11) is 2.86. The van der Waals surface area contributed by atoms with Crippen molar-refractivity contribution in [2.24, 2.45) is 14.1 Å². The van der Waals surface area contributed by atoms with E-state index in [1.807, 2.05) is 12.1 Å². The van der Waals surface area contributed by atoms with Crippen LogP contribution in [0.1, 0.15) is 5.56 Å². The normalized spacial score (nSPS) is 10.7. The van der Waals surface area contributed by atoms with Crippen LogP contribution in [0.15, 0.2) is 44.3 Å². The van der Waals surface area contributed by atoms with Crippen molar-refractivity contribution in [1.29, 1.82) is 5.26 Å². The lowest BCUT2D eigenvalue weighted by atomic mass is 9.99. The average Bonchev–Trinajstić information content (AvgIpc) is 2.57. The van der Waals surface area contributed by atoms with Gasteiger partial charge < -0.3 is 4.42 Å². The standard InChI is InChI=1S/C16H12N4O3/c1-19-14(21)12-11(9-6-4-3-5-7-9)10(8-17)13(18)23-15(12)20(2)16(19)22/h3-7,18H,1-2H3/p+1. The fraction of sp³-hybridized carbons (Fsp3) is 0.125. The SMILES string of the molecule is Cn1c(=O)c2c(-c3ccccc3)c(C#N)c(=[NH2+])oc2n(C)c1=O. The van der Waals surface area contributed by atoms with Crippen LogP contribution in [0.2, 0.25) is 0 Å². The van der Waals surface area contributed by atoms with E-state index < -0.39 is 11.2 Å². The first kappa shape index (κ1) is 14.5. The number of nitrogens with two attached hydrogens (primary N) is 1. The minimum atomic E-state index is -0.540. The molecule has 0 saturated heterocycles. The Morgan fingerprint density at radius 1 is 1.13 bits per heavy atom. The van der Waals surface area contributed by atoms with Gasteiger partial charge in [-0.1, -0.05) is 30.3 Å². The van der Waals surface area contributed by atoms with Crippen molar-refractivity contribution in [1.82, 2.24) is 9.13 Å². The fourth-order valence-corrected chi connectivity index (χ4v) is 2.57. The van der Waals surface area contributed by atoms with E-state index in [1.165, 1.54) is 18.7 Å². The molecule has 3 rings (SSSR count). The fourth-order valence-electron chi connectivity index (χ4n) is 2.57. The molecule has 2 aromatic heterocycles. The highest BCUT2D eigenvalue weighted by Gasteiger charge is 2.22. The Hall–Kier alpha value is -3.40.